The van der Waals surface area contributed by atoms with Crippen molar-refractivity contribution >= 4 is 27.5 Å². The molecule has 0 radical (unpaired) electrons. The number of aryl methyl sites for hydroxylation is 1. The van der Waals surface area contributed by atoms with Crippen LogP contribution in [0.3, 0.4) is 0 Å². The molecule has 0 aromatic heterocycles. The number of methoxy groups -OCH3 is 1. The van der Waals surface area contributed by atoms with Crippen molar-refractivity contribution in [3.63, 3.8) is 0 Å². The molecule has 1 N–H and O–H groups in total. The molecule has 1 amide bonds. The van der Waals surface area contributed by atoms with Gasteiger partial charge in [-0.3, -0.25) is 4.79 Å². The molecule has 25 heavy (non-hydrogen) atoms. The Morgan fingerprint density at radius 2 is 1.92 bits per heavy atom. The van der Waals surface area contributed by atoms with Gasteiger partial charge in [-0.25, -0.2) is 5.43 Å². The van der Waals surface area contributed by atoms with Gasteiger partial charge in [0.15, 0.2) is 6.61 Å². The Morgan fingerprint density at radius 3 is 2.52 bits per heavy atom. The number of amides is 1. The van der Waals surface area contributed by atoms with Crippen molar-refractivity contribution in [3.8, 4) is 11.5 Å². The minimum absolute atomic E-state index is 0.128. The van der Waals surface area contributed by atoms with E-state index in [0.717, 1.165) is 22.2 Å². The number of nitrogens with zero attached hydrogens (tertiary/aromatic N) is 1. The van der Waals surface area contributed by atoms with Crippen LogP contribution in [0, 0.1) is 0 Å². The van der Waals surface area contributed by atoms with E-state index < -0.39 is 0 Å². The Hall–Kier alpha value is -2.34. The van der Waals surface area contributed by atoms with Gasteiger partial charge in [0.05, 0.1) is 17.3 Å². The highest BCUT2D eigenvalue weighted by Crippen LogP contribution is 2.28. The van der Waals surface area contributed by atoms with Gasteiger partial charge in [0.2, 0.25) is 0 Å². The maximum absolute atomic E-state index is 11.9. The highest BCUT2D eigenvalue weighted by Gasteiger charge is 2.07. The standard InChI is InChI=1S/C19H21BrN2O3/c1-4-14-5-7-15(8-6-14)13(2)21-22-19(23)12-25-18-10-9-16(24-3)11-17(18)20/h5-11H,4,12H2,1-3H3,(H,22,23)/b21-13+. The number of ether oxygens (including phenoxy) is 2. The molecule has 0 atom stereocenters. The second-order valence-corrected chi connectivity index (χ2v) is 6.22. The van der Waals surface area contributed by atoms with Gasteiger partial charge < -0.3 is 9.47 Å². The van der Waals surface area contributed by atoms with Crippen LogP contribution in [0.15, 0.2) is 52.0 Å². The zero-order valence-electron chi connectivity index (χ0n) is 14.5. The van der Waals surface area contributed by atoms with Gasteiger partial charge >= 0.3 is 0 Å². The third-order valence-corrected chi connectivity index (χ3v) is 4.25. The van der Waals surface area contributed by atoms with Crippen LogP contribution in [-0.4, -0.2) is 25.3 Å². The summed E-state index contributed by atoms with van der Waals surface area (Å²) in [6.07, 6.45) is 0.992. The van der Waals surface area contributed by atoms with Gasteiger partial charge in [-0.1, -0.05) is 31.2 Å². The average Bonchev–Trinajstić information content (AvgIpc) is 2.65. The fourth-order valence-corrected chi connectivity index (χ4v) is 2.57. The molecule has 2 rings (SSSR count). The Bertz CT molecular complexity index is 758. The van der Waals surface area contributed by atoms with Gasteiger partial charge in [0, 0.05) is 0 Å². The summed E-state index contributed by atoms with van der Waals surface area (Å²) < 4.78 is 11.3. The fourth-order valence-electron chi connectivity index (χ4n) is 2.09. The number of hydrogen-bond donors (Lipinski definition) is 1. The molecule has 0 aliphatic heterocycles. The van der Waals surface area contributed by atoms with E-state index >= 15 is 0 Å². The second-order valence-electron chi connectivity index (χ2n) is 5.37. The van der Waals surface area contributed by atoms with Crippen molar-refractivity contribution in [1.82, 2.24) is 5.43 Å². The summed E-state index contributed by atoms with van der Waals surface area (Å²) in [5, 5.41) is 4.12. The zero-order valence-corrected chi connectivity index (χ0v) is 16.1. The number of halogens is 1. The van der Waals surface area contributed by atoms with Crippen LogP contribution >= 0.6 is 15.9 Å². The van der Waals surface area contributed by atoms with Gasteiger partial charge in [-0.05, 0) is 58.6 Å². The predicted molar refractivity (Wildman–Crippen MR) is 102 cm³/mol. The van der Waals surface area contributed by atoms with Crippen molar-refractivity contribution in [2.45, 2.75) is 20.3 Å². The summed E-state index contributed by atoms with van der Waals surface area (Å²) in [6, 6.07) is 13.4. The summed E-state index contributed by atoms with van der Waals surface area (Å²) in [5.74, 6) is 0.942. The molecule has 0 heterocycles. The molecule has 0 aliphatic rings. The lowest BCUT2D eigenvalue weighted by Gasteiger charge is -2.09. The molecular formula is C19H21BrN2O3. The number of carbonyl (C=O) groups is 1. The van der Waals surface area contributed by atoms with Gasteiger partial charge in [-0.2, -0.15) is 5.10 Å². The lowest BCUT2D eigenvalue weighted by atomic mass is 10.1. The molecule has 0 fully saturated rings. The van der Waals surface area contributed by atoms with Crippen LogP contribution in [0.4, 0.5) is 0 Å². The number of rotatable bonds is 7. The molecule has 0 spiro atoms. The molecule has 2 aromatic rings. The van der Waals surface area contributed by atoms with Gasteiger partial charge in [0.1, 0.15) is 11.5 Å². The first-order chi connectivity index (χ1) is 12.0. The number of carbonyl (C=O) groups excluding carboxylic acids is 1. The molecule has 0 saturated carbocycles. The first-order valence-corrected chi connectivity index (χ1v) is 8.71. The molecule has 0 saturated heterocycles. The SMILES string of the molecule is CCc1ccc(/C(C)=N/NC(=O)COc2ccc(OC)cc2Br)cc1. The molecule has 0 bridgehead atoms. The third kappa shape index (κ3) is 5.60. The molecule has 5 nitrogen and oxygen atoms in total. The molecule has 0 unspecified atom stereocenters. The van der Waals surface area contributed by atoms with Crippen LogP contribution < -0.4 is 14.9 Å². The predicted octanol–water partition coefficient (Wildman–Crippen LogP) is 3.94. The highest BCUT2D eigenvalue weighted by molar-refractivity contribution is 9.10. The monoisotopic (exact) mass is 404 g/mol. The normalized spacial score (nSPS) is 11.1. The van der Waals surface area contributed by atoms with Crippen molar-refractivity contribution < 1.29 is 14.3 Å². The average molecular weight is 405 g/mol. The minimum atomic E-state index is -0.327. The van der Waals surface area contributed by atoms with Crippen LogP contribution in [0.25, 0.3) is 0 Å². The molecule has 132 valence electrons. The largest absolute Gasteiger partial charge is 0.497 e. The lowest BCUT2D eigenvalue weighted by molar-refractivity contribution is -0.123. The summed E-state index contributed by atoms with van der Waals surface area (Å²) in [5.41, 5.74) is 5.48. The molecule has 0 aliphatic carbocycles. The van der Waals surface area contributed by atoms with Crippen LogP contribution in [0.2, 0.25) is 0 Å². The molecular weight excluding hydrogens is 384 g/mol. The number of nitrogens with one attached hydrogen (secondary N) is 1. The van der Waals surface area contributed by atoms with E-state index in [4.69, 9.17) is 9.47 Å². The van der Waals surface area contributed by atoms with Crippen molar-refractivity contribution in [3.05, 3.63) is 58.1 Å². The maximum Gasteiger partial charge on any atom is 0.277 e. The van der Waals surface area contributed by atoms with Crippen LogP contribution in [0.1, 0.15) is 25.0 Å². The quantitative estimate of drug-likeness (QED) is 0.561. The number of hydrazone groups is 1. The van der Waals surface area contributed by atoms with E-state index in [2.05, 4.69) is 45.5 Å². The van der Waals surface area contributed by atoms with Gasteiger partial charge in [0.25, 0.3) is 5.91 Å². The lowest BCUT2D eigenvalue weighted by Crippen LogP contribution is -2.25. The van der Waals surface area contributed by atoms with E-state index in [0.29, 0.717) is 11.5 Å². The van der Waals surface area contributed by atoms with Crippen LogP contribution in [-0.2, 0) is 11.2 Å². The zero-order chi connectivity index (χ0) is 18.2. The van der Waals surface area contributed by atoms with E-state index in [1.807, 2.05) is 19.1 Å². The van der Waals surface area contributed by atoms with E-state index in [9.17, 15) is 4.79 Å². The minimum Gasteiger partial charge on any atom is -0.497 e. The Morgan fingerprint density at radius 1 is 1.20 bits per heavy atom. The Labute approximate surface area is 156 Å². The van der Waals surface area contributed by atoms with E-state index in [-0.39, 0.29) is 12.5 Å². The third-order valence-electron chi connectivity index (χ3n) is 3.63. The van der Waals surface area contributed by atoms with E-state index in [1.54, 1.807) is 25.3 Å². The number of benzene rings is 2. The van der Waals surface area contributed by atoms with Crippen LogP contribution in [0.5, 0.6) is 11.5 Å². The van der Waals surface area contributed by atoms with E-state index in [1.165, 1.54) is 5.56 Å². The first-order valence-electron chi connectivity index (χ1n) is 7.92. The Kier molecular flexibility index (Phi) is 7.01. The van der Waals surface area contributed by atoms with Gasteiger partial charge in [-0.15, -0.1) is 0 Å². The van der Waals surface area contributed by atoms with Crippen molar-refractivity contribution in [2.24, 2.45) is 5.10 Å². The number of hydrogen-bond acceptors (Lipinski definition) is 4. The summed E-state index contributed by atoms with van der Waals surface area (Å²) in [7, 11) is 1.59. The molecule has 2 aromatic carbocycles. The molecule has 6 heteroatoms. The second kappa shape index (κ2) is 9.22. The first kappa shape index (κ1) is 19.0. The summed E-state index contributed by atoms with van der Waals surface area (Å²) >= 11 is 3.38. The summed E-state index contributed by atoms with van der Waals surface area (Å²) in [6.45, 7) is 3.83. The van der Waals surface area contributed by atoms with Crippen molar-refractivity contribution in [1.29, 1.82) is 0 Å². The topological polar surface area (TPSA) is 59.9 Å². The maximum atomic E-state index is 11.9. The highest BCUT2D eigenvalue weighted by atomic mass is 79.9. The smallest absolute Gasteiger partial charge is 0.277 e. The van der Waals surface area contributed by atoms with Crippen molar-refractivity contribution in [2.75, 3.05) is 13.7 Å². The fraction of sp³-hybridized carbons (Fsp3) is 0.263. The Balaban J connectivity index is 1.89. The summed E-state index contributed by atoms with van der Waals surface area (Å²) in [4.78, 5) is 11.9.